The Bertz CT molecular complexity index is 1110. The molecule has 31 heavy (non-hydrogen) atoms. The second-order valence-corrected chi connectivity index (χ2v) is 8.05. The number of fused-ring (bicyclic) bond motifs is 1. The van der Waals surface area contributed by atoms with Gasteiger partial charge in [0.2, 0.25) is 5.91 Å². The van der Waals surface area contributed by atoms with E-state index in [1.54, 1.807) is 30.3 Å². The maximum Gasteiger partial charge on any atom is 0.252 e. The molecule has 1 aliphatic heterocycles. The summed E-state index contributed by atoms with van der Waals surface area (Å²) in [5.41, 5.74) is 2.79. The Hall–Kier alpha value is -3.42. The van der Waals surface area contributed by atoms with E-state index in [1.807, 2.05) is 25.1 Å². The summed E-state index contributed by atoms with van der Waals surface area (Å²) < 4.78 is 13.4. The van der Waals surface area contributed by atoms with Crippen LogP contribution in [0, 0.1) is 6.92 Å². The molecule has 0 radical (unpaired) electrons. The largest absolute Gasteiger partial charge is 0.493 e. The molecule has 1 fully saturated rings. The molecule has 0 saturated heterocycles. The fourth-order valence-electron chi connectivity index (χ4n) is 4.56. The molecule has 0 spiro atoms. The van der Waals surface area contributed by atoms with E-state index in [2.05, 4.69) is 20.4 Å². The van der Waals surface area contributed by atoms with Crippen molar-refractivity contribution in [3.8, 4) is 17.4 Å². The quantitative estimate of drug-likeness (QED) is 0.677. The number of carbonyl (C=O) groups excluding carboxylic acids is 1. The predicted molar refractivity (Wildman–Crippen MR) is 115 cm³/mol. The predicted octanol–water partition coefficient (Wildman–Crippen LogP) is 3.77. The zero-order valence-electron chi connectivity index (χ0n) is 17.7. The van der Waals surface area contributed by atoms with Crippen molar-refractivity contribution in [2.75, 3.05) is 12.4 Å². The number of hydrogen-bond donors (Lipinski definition) is 1. The number of carbonyl (C=O) groups is 1. The maximum atomic E-state index is 12.6. The Morgan fingerprint density at radius 2 is 1.90 bits per heavy atom. The maximum absolute atomic E-state index is 12.6. The van der Waals surface area contributed by atoms with E-state index in [9.17, 15) is 4.79 Å². The molecule has 1 aliphatic carbocycles. The highest BCUT2D eigenvalue weighted by Gasteiger charge is 2.33. The zero-order chi connectivity index (χ0) is 21.4. The van der Waals surface area contributed by atoms with Gasteiger partial charge in [-0.2, -0.15) is 9.78 Å². The summed E-state index contributed by atoms with van der Waals surface area (Å²) in [6, 6.07) is 7.71. The van der Waals surface area contributed by atoms with Crippen LogP contribution in [-0.2, 0) is 4.79 Å². The van der Waals surface area contributed by atoms with Gasteiger partial charge >= 0.3 is 0 Å². The van der Waals surface area contributed by atoms with Crippen LogP contribution in [0.2, 0.25) is 0 Å². The summed E-state index contributed by atoms with van der Waals surface area (Å²) in [7, 11) is 1.65. The van der Waals surface area contributed by atoms with Gasteiger partial charge in [-0.1, -0.05) is 6.07 Å². The third-order valence-electron chi connectivity index (χ3n) is 6.03. The van der Waals surface area contributed by atoms with Crippen molar-refractivity contribution in [1.82, 2.24) is 19.7 Å². The number of aryl methyl sites for hydroxylation is 1. The summed E-state index contributed by atoms with van der Waals surface area (Å²) in [5.74, 6) is 2.27. The van der Waals surface area contributed by atoms with Crippen molar-refractivity contribution in [1.29, 1.82) is 0 Å². The average Bonchev–Trinajstić information content (AvgIpc) is 3.42. The first kappa shape index (κ1) is 19.5. The Morgan fingerprint density at radius 3 is 2.65 bits per heavy atom. The minimum absolute atomic E-state index is 0.0696. The summed E-state index contributed by atoms with van der Waals surface area (Å²) >= 11 is 0. The van der Waals surface area contributed by atoms with Crippen molar-refractivity contribution in [2.24, 2.45) is 0 Å². The number of aromatic nitrogens is 4. The van der Waals surface area contributed by atoms with Crippen LogP contribution in [-0.4, -0.2) is 38.9 Å². The van der Waals surface area contributed by atoms with E-state index < -0.39 is 0 Å². The molecule has 1 N–H and O–H groups in total. The number of benzene rings is 1. The molecule has 2 aromatic heterocycles. The van der Waals surface area contributed by atoms with Crippen LogP contribution in [0.1, 0.15) is 54.8 Å². The van der Waals surface area contributed by atoms with Crippen LogP contribution < -0.4 is 14.8 Å². The Labute approximate surface area is 180 Å². The summed E-state index contributed by atoms with van der Waals surface area (Å²) in [6.45, 7) is 1.94. The zero-order valence-corrected chi connectivity index (χ0v) is 17.7. The van der Waals surface area contributed by atoms with Crippen LogP contribution in [0.3, 0.4) is 0 Å². The minimum Gasteiger partial charge on any atom is -0.493 e. The SMILES string of the molecule is COc1cc(C2CC(=O)Nc3c2c(C)nn3-c2ncccn2)ccc1OC1CCCC1. The highest BCUT2D eigenvalue weighted by molar-refractivity contribution is 5.95. The van der Waals surface area contributed by atoms with Crippen molar-refractivity contribution in [3.63, 3.8) is 0 Å². The first-order valence-electron chi connectivity index (χ1n) is 10.7. The van der Waals surface area contributed by atoms with Crippen molar-refractivity contribution >= 4 is 11.7 Å². The molecule has 8 heteroatoms. The standard InChI is InChI=1S/C23H25N5O3/c1-14-21-17(13-20(29)26-22(21)28(27-14)23-24-10-5-11-25-23)15-8-9-18(19(12-15)30-2)31-16-6-3-4-7-16/h5,8-12,16-17H,3-4,6-7,13H2,1-2H3,(H,26,29). The van der Waals surface area contributed by atoms with Crippen LogP contribution in [0.4, 0.5) is 5.82 Å². The lowest BCUT2D eigenvalue weighted by atomic mass is 9.85. The number of hydrogen-bond acceptors (Lipinski definition) is 6. The van der Waals surface area contributed by atoms with E-state index >= 15 is 0 Å². The summed E-state index contributed by atoms with van der Waals surface area (Å²) in [4.78, 5) is 21.2. The summed E-state index contributed by atoms with van der Waals surface area (Å²) in [6.07, 6.45) is 8.47. The molecule has 160 valence electrons. The first-order valence-corrected chi connectivity index (χ1v) is 10.7. The normalized spacial score (nSPS) is 18.5. The van der Waals surface area contributed by atoms with Crippen LogP contribution in [0.15, 0.2) is 36.7 Å². The Kier molecular flexibility index (Phi) is 5.05. The van der Waals surface area contributed by atoms with Crippen LogP contribution in [0.5, 0.6) is 11.5 Å². The molecular formula is C23H25N5O3. The van der Waals surface area contributed by atoms with Crippen molar-refractivity contribution in [2.45, 2.75) is 51.0 Å². The van der Waals surface area contributed by atoms with Gasteiger partial charge in [-0.15, -0.1) is 0 Å². The molecule has 0 bridgehead atoms. The van der Waals surface area contributed by atoms with Gasteiger partial charge in [0.1, 0.15) is 5.82 Å². The van der Waals surface area contributed by atoms with Gasteiger partial charge in [-0.3, -0.25) is 4.79 Å². The molecule has 1 aromatic carbocycles. The van der Waals surface area contributed by atoms with E-state index in [4.69, 9.17) is 9.47 Å². The second-order valence-electron chi connectivity index (χ2n) is 8.05. The Balaban J connectivity index is 1.53. The van der Waals surface area contributed by atoms with Crippen LogP contribution >= 0.6 is 0 Å². The molecule has 3 aromatic rings. The fourth-order valence-corrected chi connectivity index (χ4v) is 4.56. The van der Waals surface area contributed by atoms with Gasteiger partial charge in [0, 0.05) is 30.3 Å². The smallest absolute Gasteiger partial charge is 0.252 e. The number of ether oxygens (including phenoxy) is 2. The first-order chi connectivity index (χ1) is 15.1. The van der Waals surface area contributed by atoms with E-state index in [1.165, 1.54) is 12.8 Å². The van der Waals surface area contributed by atoms with Crippen molar-refractivity contribution in [3.05, 3.63) is 53.5 Å². The number of rotatable bonds is 5. The molecule has 1 amide bonds. The molecule has 1 atom stereocenters. The number of amides is 1. The average molecular weight is 419 g/mol. The third-order valence-corrected chi connectivity index (χ3v) is 6.03. The van der Waals surface area contributed by atoms with Gasteiger partial charge in [-0.25, -0.2) is 9.97 Å². The lowest BCUT2D eigenvalue weighted by Crippen LogP contribution is -2.25. The topological polar surface area (TPSA) is 91.2 Å². The van der Waals surface area contributed by atoms with E-state index in [0.29, 0.717) is 23.9 Å². The fraction of sp³-hybridized carbons (Fsp3) is 0.391. The van der Waals surface area contributed by atoms with E-state index in [0.717, 1.165) is 35.4 Å². The lowest BCUT2D eigenvalue weighted by molar-refractivity contribution is -0.116. The monoisotopic (exact) mass is 419 g/mol. The number of anilines is 1. The third kappa shape index (κ3) is 3.62. The summed E-state index contributed by atoms with van der Waals surface area (Å²) in [5, 5.41) is 7.58. The number of nitrogens with zero attached hydrogens (tertiary/aromatic N) is 4. The molecule has 5 rings (SSSR count). The minimum atomic E-state index is -0.143. The second kappa shape index (κ2) is 8.02. The number of methoxy groups -OCH3 is 1. The molecular weight excluding hydrogens is 394 g/mol. The van der Waals surface area contributed by atoms with Crippen LogP contribution in [0.25, 0.3) is 5.95 Å². The number of nitrogens with one attached hydrogen (secondary N) is 1. The molecule has 8 nitrogen and oxygen atoms in total. The molecule has 1 saturated carbocycles. The van der Waals surface area contributed by atoms with Gasteiger partial charge in [0.05, 0.1) is 18.9 Å². The van der Waals surface area contributed by atoms with Gasteiger partial charge < -0.3 is 14.8 Å². The molecule has 2 aliphatic rings. The van der Waals surface area contributed by atoms with Gasteiger partial charge in [-0.05, 0) is 56.4 Å². The Morgan fingerprint density at radius 1 is 1.13 bits per heavy atom. The van der Waals surface area contributed by atoms with Gasteiger partial charge in [0.25, 0.3) is 5.95 Å². The van der Waals surface area contributed by atoms with Crippen molar-refractivity contribution < 1.29 is 14.3 Å². The highest BCUT2D eigenvalue weighted by atomic mass is 16.5. The molecule has 3 heterocycles. The van der Waals surface area contributed by atoms with Gasteiger partial charge in [0.15, 0.2) is 11.5 Å². The highest BCUT2D eigenvalue weighted by Crippen LogP contribution is 2.42. The molecule has 1 unspecified atom stereocenters. The lowest BCUT2D eigenvalue weighted by Gasteiger charge is -2.25. The van der Waals surface area contributed by atoms with E-state index in [-0.39, 0.29) is 17.9 Å².